The average molecular weight is 213 g/mol. The monoisotopic (exact) mass is 212 g/mol. The van der Waals surface area contributed by atoms with Gasteiger partial charge in [0.25, 0.3) is 0 Å². The van der Waals surface area contributed by atoms with Gasteiger partial charge in [-0.1, -0.05) is 28.1 Å². The van der Waals surface area contributed by atoms with Gasteiger partial charge in [0, 0.05) is 0 Å². The molecule has 1 rings (SSSR count). The van der Waals surface area contributed by atoms with Crippen molar-refractivity contribution >= 4 is 22.0 Å². The van der Waals surface area contributed by atoms with Crippen LogP contribution in [-0.2, 0) is 0 Å². The lowest BCUT2D eigenvalue weighted by Gasteiger charge is -1.97. The number of halogens is 1. The van der Waals surface area contributed by atoms with E-state index >= 15 is 0 Å². The van der Waals surface area contributed by atoms with E-state index in [9.17, 15) is 0 Å². The van der Waals surface area contributed by atoms with Gasteiger partial charge in [-0.05, 0) is 28.8 Å². The zero-order valence-electron chi connectivity index (χ0n) is 6.25. The topological polar surface area (TPSA) is 9.23 Å². The van der Waals surface area contributed by atoms with E-state index in [1.165, 1.54) is 0 Å². The van der Waals surface area contributed by atoms with Crippen molar-refractivity contribution in [1.82, 2.24) is 0 Å². The maximum Gasteiger partial charge on any atom is 0.118 e. The van der Waals surface area contributed by atoms with Crippen molar-refractivity contribution in [3.63, 3.8) is 0 Å². The molecule has 0 spiro atoms. The van der Waals surface area contributed by atoms with E-state index in [4.69, 9.17) is 4.74 Å². The Balaban J connectivity index is 2.82. The lowest BCUT2D eigenvalue weighted by atomic mass is 10.2. The third-order valence-corrected chi connectivity index (χ3v) is 1.64. The number of ether oxygens (including phenoxy) is 1. The van der Waals surface area contributed by atoms with E-state index in [0.29, 0.717) is 0 Å². The van der Waals surface area contributed by atoms with Crippen LogP contribution >= 0.6 is 15.9 Å². The van der Waals surface area contributed by atoms with Crippen molar-refractivity contribution in [2.24, 2.45) is 0 Å². The SMILES string of the molecule is COc1ccc(/C=C/Br)cc1. The third kappa shape index (κ3) is 2.39. The second-order valence-corrected chi connectivity index (χ2v) is 2.59. The molecular weight excluding hydrogens is 204 g/mol. The predicted molar refractivity (Wildman–Crippen MR) is 51.0 cm³/mol. The summed E-state index contributed by atoms with van der Waals surface area (Å²) in [5, 5.41) is 0. The Kier molecular flexibility index (Phi) is 3.17. The number of hydrogen-bond donors (Lipinski definition) is 0. The minimum atomic E-state index is 0.886. The van der Waals surface area contributed by atoms with Crippen LogP contribution in [0.1, 0.15) is 5.56 Å². The molecule has 0 N–H and O–H groups in total. The second kappa shape index (κ2) is 4.19. The van der Waals surface area contributed by atoms with E-state index < -0.39 is 0 Å². The molecule has 0 saturated heterocycles. The third-order valence-electron chi connectivity index (χ3n) is 1.37. The molecule has 58 valence electrons. The van der Waals surface area contributed by atoms with Gasteiger partial charge in [0.15, 0.2) is 0 Å². The van der Waals surface area contributed by atoms with E-state index in [0.717, 1.165) is 11.3 Å². The lowest BCUT2D eigenvalue weighted by molar-refractivity contribution is 0.415. The molecule has 0 heterocycles. The first-order chi connectivity index (χ1) is 5.36. The van der Waals surface area contributed by atoms with E-state index in [-0.39, 0.29) is 0 Å². The number of benzene rings is 1. The summed E-state index contributed by atoms with van der Waals surface area (Å²) in [6.45, 7) is 0. The van der Waals surface area contributed by atoms with Crippen LogP contribution in [0.2, 0.25) is 0 Å². The van der Waals surface area contributed by atoms with Crippen LogP contribution in [0.25, 0.3) is 6.08 Å². The Morgan fingerprint density at radius 2 is 1.91 bits per heavy atom. The Hall–Kier alpha value is -0.760. The molecule has 1 aromatic rings. The molecule has 2 heteroatoms. The molecule has 0 saturated carbocycles. The summed E-state index contributed by atoms with van der Waals surface area (Å²) >= 11 is 3.21. The van der Waals surface area contributed by atoms with Crippen molar-refractivity contribution < 1.29 is 4.74 Å². The smallest absolute Gasteiger partial charge is 0.118 e. The fourth-order valence-corrected chi connectivity index (χ4v) is 1.09. The van der Waals surface area contributed by atoms with Crippen molar-refractivity contribution in [3.05, 3.63) is 34.8 Å². The summed E-state index contributed by atoms with van der Waals surface area (Å²) in [5.41, 5.74) is 1.16. The van der Waals surface area contributed by atoms with E-state index in [2.05, 4.69) is 15.9 Å². The first kappa shape index (κ1) is 8.34. The molecule has 0 aliphatic carbocycles. The molecule has 11 heavy (non-hydrogen) atoms. The van der Waals surface area contributed by atoms with Gasteiger partial charge in [-0.25, -0.2) is 0 Å². The lowest BCUT2D eigenvalue weighted by Crippen LogP contribution is -1.80. The van der Waals surface area contributed by atoms with E-state index in [1.807, 2.05) is 35.3 Å². The highest BCUT2D eigenvalue weighted by Crippen LogP contribution is 2.12. The maximum absolute atomic E-state index is 5.01. The first-order valence-corrected chi connectivity index (χ1v) is 4.19. The van der Waals surface area contributed by atoms with Crippen LogP contribution in [0.4, 0.5) is 0 Å². The zero-order valence-corrected chi connectivity index (χ0v) is 7.84. The Labute approximate surface area is 74.8 Å². The largest absolute Gasteiger partial charge is 0.497 e. The molecular formula is C9H9BrO. The second-order valence-electron chi connectivity index (χ2n) is 2.07. The molecule has 1 aromatic carbocycles. The molecule has 0 aliphatic heterocycles. The highest BCUT2D eigenvalue weighted by molar-refractivity contribution is 9.11. The first-order valence-electron chi connectivity index (χ1n) is 3.27. The van der Waals surface area contributed by atoms with Gasteiger partial charge in [-0.2, -0.15) is 0 Å². The summed E-state index contributed by atoms with van der Waals surface area (Å²) in [4.78, 5) is 1.83. The highest BCUT2D eigenvalue weighted by atomic mass is 79.9. The average Bonchev–Trinajstić information content (AvgIpc) is 2.07. The maximum atomic E-state index is 5.01. The summed E-state index contributed by atoms with van der Waals surface area (Å²) in [7, 11) is 1.66. The van der Waals surface area contributed by atoms with Gasteiger partial charge in [-0.15, -0.1) is 0 Å². The zero-order chi connectivity index (χ0) is 8.10. The van der Waals surface area contributed by atoms with Crippen LogP contribution in [0.5, 0.6) is 5.75 Å². The molecule has 0 fully saturated rings. The Bertz CT molecular complexity index is 238. The number of hydrogen-bond acceptors (Lipinski definition) is 1. The molecule has 0 unspecified atom stereocenters. The Morgan fingerprint density at radius 1 is 1.27 bits per heavy atom. The van der Waals surface area contributed by atoms with Gasteiger partial charge in [0.2, 0.25) is 0 Å². The fourth-order valence-electron chi connectivity index (χ4n) is 0.788. The van der Waals surface area contributed by atoms with Gasteiger partial charge < -0.3 is 4.74 Å². The van der Waals surface area contributed by atoms with Crippen LogP contribution < -0.4 is 4.74 Å². The molecule has 0 amide bonds. The number of methoxy groups -OCH3 is 1. The summed E-state index contributed by atoms with van der Waals surface area (Å²) < 4.78 is 5.01. The molecule has 0 radical (unpaired) electrons. The van der Waals surface area contributed by atoms with Crippen molar-refractivity contribution in [3.8, 4) is 5.75 Å². The van der Waals surface area contributed by atoms with Crippen molar-refractivity contribution in [2.75, 3.05) is 7.11 Å². The van der Waals surface area contributed by atoms with E-state index in [1.54, 1.807) is 7.11 Å². The number of rotatable bonds is 2. The summed E-state index contributed by atoms with van der Waals surface area (Å²) in [5.74, 6) is 0.886. The molecule has 1 nitrogen and oxygen atoms in total. The van der Waals surface area contributed by atoms with Gasteiger partial charge in [0.1, 0.15) is 5.75 Å². The standard InChI is InChI=1S/C9H9BrO/c1-11-9-4-2-8(3-5-9)6-7-10/h2-7H,1H3/b7-6+. The highest BCUT2D eigenvalue weighted by Gasteiger charge is 1.88. The van der Waals surface area contributed by atoms with Crippen molar-refractivity contribution in [1.29, 1.82) is 0 Å². The Morgan fingerprint density at radius 3 is 2.36 bits per heavy atom. The predicted octanol–water partition coefficient (Wildman–Crippen LogP) is 3.06. The normalized spacial score (nSPS) is 10.4. The van der Waals surface area contributed by atoms with Crippen LogP contribution in [0.3, 0.4) is 0 Å². The van der Waals surface area contributed by atoms with Crippen molar-refractivity contribution in [2.45, 2.75) is 0 Å². The summed E-state index contributed by atoms with van der Waals surface area (Å²) in [6.07, 6.45) is 1.97. The van der Waals surface area contributed by atoms with Gasteiger partial charge in [-0.3, -0.25) is 0 Å². The molecule has 0 aromatic heterocycles. The quantitative estimate of drug-likeness (QED) is 0.733. The van der Waals surface area contributed by atoms with Crippen LogP contribution in [0, 0.1) is 0 Å². The van der Waals surface area contributed by atoms with Gasteiger partial charge >= 0.3 is 0 Å². The molecule has 0 aliphatic rings. The molecule has 0 atom stereocenters. The van der Waals surface area contributed by atoms with Crippen LogP contribution in [-0.4, -0.2) is 7.11 Å². The summed E-state index contributed by atoms with van der Waals surface area (Å²) in [6, 6.07) is 7.86. The fraction of sp³-hybridized carbons (Fsp3) is 0.111. The van der Waals surface area contributed by atoms with Crippen LogP contribution in [0.15, 0.2) is 29.3 Å². The van der Waals surface area contributed by atoms with Gasteiger partial charge in [0.05, 0.1) is 7.11 Å². The molecule has 0 bridgehead atoms. The minimum absolute atomic E-state index is 0.886. The minimum Gasteiger partial charge on any atom is -0.497 e.